The van der Waals surface area contributed by atoms with Gasteiger partial charge in [-0.25, -0.2) is 0 Å². The van der Waals surface area contributed by atoms with Crippen LogP contribution in [0.1, 0.15) is 168 Å². The van der Waals surface area contributed by atoms with Crippen molar-refractivity contribution in [3.63, 3.8) is 0 Å². The summed E-state index contributed by atoms with van der Waals surface area (Å²) in [5.74, 6) is 0. The Balaban J connectivity index is 0.979. The lowest BCUT2D eigenvalue weighted by molar-refractivity contribution is 0.590. The summed E-state index contributed by atoms with van der Waals surface area (Å²) in [7, 11) is 0. The van der Waals surface area contributed by atoms with E-state index in [-0.39, 0.29) is 38.2 Å². The molecule has 122 heavy (non-hydrogen) atoms. The standard InChI is InChI=1S/C117H103BN4/c1-112(2,3)80-56-64-100(96(66-80)76-39-25-18-26-40-76)121-106-71-85(119-102-67-81(113(4,5)6)52-58-91(102)92-59-53-82(68-103(92)119)114(7,8)9)57-62-98(106)118-99-65-77(87-46-33-49-95-90-45-31-32-50-97(90)117(109(87)95,78-41-27-19-28-42-78)79-43-29-20-30-44-79)51-63-101(99)122(111-88(74-35-21-16-22-36-74)47-34-48-89(111)75-37-23-17-24-38-75)108-73-86(72-107(121)110(108)118)120-104-69-83(115(10,11)12)54-60-93(104)94-61-55-84(70-105(94)120)116(13,14)15/h16-73H,1-15H3/i19D,20D,27D,28D,29D,30D,41D,42D,43D,44D. The van der Waals surface area contributed by atoms with E-state index in [0.29, 0.717) is 33.4 Å². The fourth-order valence-electron chi connectivity index (χ4n) is 20.0. The van der Waals surface area contributed by atoms with Gasteiger partial charge in [0.1, 0.15) is 0 Å². The highest BCUT2D eigenvalue weighted by molar-refractivity contribution is 7.00. The van der Waals surface area contributed by atoms with E-state index < -0.39 is 72.6 Å². The predicted molar refractivity (Wildman–Crippen MR) is 522 cm³/mol. The van der Waals surface area contributed by atoms with Crippen LogP contribution in [0.5, 0.6) is 0 Å². The molecule has 0 bridgehead atoms. The summed E-state index contributed by atoms with van der Waals surface area (Å²) < 4.78 is 103. The molecule has 1 aliphatic carbocycles. The molecule has 5 heteroatoms. The average molecular weight is 1590 g/mol. The SMILES string of the molecule is [2H]c1c([2H])c([2H])c(C2(c3c([2H])c([2H])c([2H])c([2H])c3[2H])c3ccccc3-c3cccc(-c4ccc5c(c4)B4c6ccc(-n7c8cc(C(C)(C)C)ccc8c8ccc(C(C)(C)C)cc87)cc6N(c6ccc(C(C)(C)C)cc6-c6ccccc6)c6cc(-n7c8cc(C(C)(C)C)ccc8c8ccc(C(C)(C)C)cc87)cc(c64)N5c4c(-c5ccccc5)cccc4-c4ccccc4)c32)c([2H])c1[2H]. The van der Waals surface area contributed by atoms with Crippen LogP contribution in [0.4, 0.5) is 34.1 Å². The minimum Gasteiger partial charge on any atom is -0.311 e. The minimum absolute atomic E-state index is 0.209. The molecule has 16 aromatic carbocycles. The molecule has 0 radical (unpaired) electrons. The van der Waals surface area contributed by atoms with Gasteiger partial charge in [0.25, 0.3) is 6.71 Å². The zero-order valence-electron chi connectivity index (χ0n) is 82.1. The third-order valence-corrected chi connectivity index (χ3v) is 26.3. The van der Waals surface area contributed by atoms with Crippen molar-refractivity contribution in [2.45, 2.75) is 136 Å². The number of hydrogen-bond acceptors (Lipinski definition) is 2. The van der Waals surface area contributed by atoms with Crippen molar-refractivity contribution in [1.29, 1.82) is 0 Å². The second-order valence-corrected chi connectivity index (χ2v) is 38.9. The molecule has 0 unspecified atom stereocenters. The molecule has 0 N–H and O–H groups in total. The van der Waals surface area contributed by atoms with Crippen molar-refractivity contribution in [1.82, 2.24) is 9.13 Å². The second kappa shape index (κ2) is 27.9. The lowest BCUT2D eigenvalue weighted by atomic mass is 9.33. The van der Waals surface area contributed by atoms with E-state index in [2.05, 4.69) is 372 Å². The summed E-state index contributed by atoms with van der Waals surface area (Å²) in [6.07, 6.45) is 0. The Kier molecular flexibility index (Phi) is 15.0. The van der Waals surface area contributed by atoms with Gasteiger partial charge in [-0.1, -0.05) is 389 Å². The van der Waals surface area contributed by atoms with Crippen molar-refractivity contribution in [2.75, 3.05) is 9.80 Å². The number of anilines is 6. The van der Waals surface area contributed by atoms with Crippen LogP contribution in [-0.2, 0) is 32.5 Å². The third-order valence-electron chi connectivity index (χ3n) is 26.3. The molecule has 0 amide bonds. The number of hydrogen-bond donors (Lipinski definition) is 0. The van der Waals surface area contributed by atoms with Gasteiger partial charge in [0, 0.05) is 66.7 Å². The fraction of sp³-hybridized carbons (Fsp3) is 0.179. The molecular weight excluding hydrogens is 1470 g/mol. The zero-order chi connectivity index (χ0) is 92.5. The second-order valence-electron chi connectivity index (χ2n) is 38.9. The van der Waals surface area contributed by atoms with Crippen LogP contribution in [0.25, 0.3) is 111 Å². The van der Waals surface area contributed by atoms with Gasteiger partial charge in [0.15, 0.2) is 0 Å². The molecular formula is C117H103BN4. The Labute approximate surface area is 734 Å². The number of benzene rings is 16. The van der Waals surface area contributed by atoms with E-state index in [9.17, 15) is 11.0 Å². The smallest absolute Gasteiger partial charge is 0.252 e. The van der Waals surface area contributed by atoms with Gasteiger partial charge < -0.3 is 18.9 Å². The Hall–Kier alpha value is -13.2. The normalized spacial score (nSPS) is 14.9. The van der Waals surface area contributed by atoms with Gasteiger partial charge in [-0.15, -0.1) is 0 Å². The van der Waals surface area contributed by atoms with E-state index in [4.69, 9.17) is 2.74 Å². The first-order valence-corrected chi connectivity index (χ1v) is 42.9. The summed E-state index contributed by atoms with van der Waals surface area (Å²) >= 11 is 0. The summed E-state index contributed by atoms with van der Waals surface area (Å²) in [5.41, 5.74) is 26.1. The first kappa shape index (κ1) is 65.6. The topological polar surface area (TPSA) is 16.3 Å². The van der Waals surface area contributed by atoms with E-state index in [1.165, 1.54) is 27.8 Å². The highest BCUT2D eigenvalue weighted by Crippen LogP contribution is 2.60. The number of aromatic nitrogens is 2. The van der Waals surface area contributed by atoms with Crippen LogP contribution in [0.15, 0.2) is 352 Å². The van der Waals surface area contributed by atoms with Crippen molar-refractivity contribution in [3.8, 4) is 67.0 Å². The van der Waals surface area contributed by atoms with Crippen molar-refractivity contribution in [3.05, 3.63) is 402 Å². The molecule has 0 saturated carbocycles. The Morgan fingerprint density at radius 3 is 1.15 bits per heavy atom. The van der Waals surface area contributed by atoms with E-state index >= 15 is 0 Å². The van der Waals surface area contributed by atoms with Crippen LogP contribution >= 0.6 is 0 Å². The van der Waals surface area contributed by atoms with E-state index in [0.717, 1.165) is 139 Å². The first-order valence-electron chi connectivity index (χ1n) is 47.9. The number of fused-ring (bicyclic) bond motifs is 13. The molecule has 18 aromatic rings. The van der Waals surface area contributed by atoms with Gasteiger partial charge >= 0.3 is 0 Å². The summed E-state index contributed by atoms with van der Waals surface area (Å²) in [5, 5.41) is 4.54. The average Bonchev–Trinajstić information content (AvgIpc) is 1.15. The molecule has 21 rings (SSSR count). The predicted octanol–water partition coefficient (Wildman–Crippen LogP) is 29.5. The summed E-state index contributed by atoms with van der Waals surface area (Å²) in [4.78, 5) is 5.14. The zero-order valence-corrected chi connectivity index (χ0v) is 72.1. The van der Waals surface area contributed by atoms with Gasteiger partial charge in [0.05, 0.1) is 58.3 Å². The molecule has 4 heterocycles. The van der Waals surface area contributed by atoms with Crippen molar-refractivity contribution < 1.29 is 13.7 Å². The molecule has 0 fully saturated rings. The van der Waals surface area contributed by atoms with Gasteiger partial charge in [-0.3, -0.25) is 0 Å². The number of para-hydroxylation sites is 1. The Morgan fingerprint density at radius 2 is 0.664 bits per heavy atom. The lowest BCUT2D eigenvalue weighted by Gasteiger charge is -2.46. The molecule has 2 aromatic heterocycles. The van der Waals surface area contributed by atoms with Crippen LogP contribution < -0.4 is 26.2 Å². The quantitative estimate of drug-likeness (QED) is 0.127. The van der Waals surface area contributed by atoms with E-state index in [1.54, 1.807) is 0 Å². The van der Waals surface area contributed by atoms with Crippen LogP contribution in [-0.4, -0.2) is 15.8 Å². The van der Waals surface area contributed by atoms with Crippen molar-refractivity contribution in [2.24, 2.45) is 0 Å². The maximum Gasteiger partial charge on any atom is 0.252 e. The van der Waals surface area contributed by atoms with Gasteiger partial charge in [0.2, 0.25) is 0 Å². The maximum absolute atomic E-state index is 10.3. The largest absolute Gasteiger partial charge is 0.311 e. The van der Waals surface area contributed by atoms with Crippen LogP contribution in [0.2, 0.25) is 0 Å². The Morgan fingerprint density at radius 1 is 0.270 bits per heavy atom. The maximum atomic E-state index is 10.3. The fourth-order valence-corrected chi connectivity index (χ4v) is 20.0. The number of nitrogens with zero attached hydrogens (tertiary/aromatic N) is 4. The molecule has 594 valence electrons. The Bertz CT molecular complexity index is 7600. The minimum atomic E-state index is -2.17. The highest BCUT2D eigenvalue weighted by Gasteiger charge is 2.50. The molecule has 0 atom stereocenters. The molecule has 4 nitrogen and oxygen atoms in total. The number of rotatable bonds is 10. The van der Waals surface area contributed by atoms with E-state index in [1.807, 2.05) is 42.5 Å². The summed E-state index contributed by atoms with van der Waals surface area (Å²) in [6, 6.07) is 100. The third kappa shape index (κ3) is 12.1. The first-order chi connectivity index (χ1) is 62.8. The molecule has 3 aliphatic rings. The van der Waals surface area contributed by atoms with Gasteiger partial charge in [-0.2, -0.15) is 0 Å². The monoisotopic (exact) mass is 1580 g/mol. The molecule has 0 spiro atoms. The lowest BCUT2D eigenvalue weighted by Crippen LogP contribution is -2.61. The highest BCUT2D eigenvalue weighted by atomic mass is 15.2. The van der Waals surface area contributed by atoms with Crippen LogP contribution in [0, 0.1) is 0 Å². The van der Waals surface area contributed by atoms with Crippen LogP contribution in [0.3, 0.4) is 0 Å². The van der Waals surface area contributed by atoms with Crippen molar-refractivity contribution >= 4 is 101 Å². The molecule has 0 saturated heterocycles. The molecule has 2 aliphatic heterocycles. The summed E-state index contributed by atoms with van der Waals surface area (Å²) in [6.45, 7) is 33.7. The van der Waals surface area contributed by atoms with Gasteiger partial charge in [-0.05, 0) is 199 Å².